The van der Waals surface area contributed by atoms with E-state index in [1.54, 1.807) is 0 Å². The molecule has 0 aliphatic rings. The summed E-state index contributed by atoms with van der Waals surface area (Å²) in [4.78, 5) is 0. The molecule has 0 aromatic rings. The van der Waals surface area contributed by atoms with Crippen molar-refractivity contribution in [2.45, 2.75) is 20.8 Å². The molecule has 1 heteroatoms. The van der Waals surface area contributed by atoms with Gasteiger partial charge in [0.2, 0.25) is 0 Å². The molecule has 0 amide bonds. The number of rotatable bonds is 2. The molecule has 0 aromatic heterocycles. The van der Waals surface area contributed by atoms with E-state index in [1.807, 2.05) is 0 Å². The van der Waals surface area contributed by atoms with Crippen LogP contribution < -0.4 is 0 Å². The molecule has 0 fully saturated rings. The molecular weight excluding hydrogens is 108 g/mol. The smallest absolute Gasteiger partial charge is 0.0251 e. The highest BCUT2D eigenvalue weighted by Crippen LogP contribution is 2.09. The van der Waals surface area contributed by atoms with Crippen LogP contribution in [0.4, 0.5) is 0 Å². The van der Waals surface area contributed by atoms with E-state index >= 15 is 0 Å². The quantitative estimate of drug-likeness (QED) is 0.492. The Bertz CT molecular complexity index is 41.4. The second-order valence-corrected chi connectivity index (χ2v) is 2.68. The highest BCUT2D eigenvalue weighted by molar-refractivity contribution is 6.18. The fourth-order valence-electron chi connectivity index (χ4n) is 0.178. The van der Waals surface area contributed by atoms with Crippen molar-refractivity contribution in [2.24, 2.45) is 11.8 Å². The van der Waals surface area contributed by atoms with Gasteiger partial charge >= 0.3 is 0 Å². The summed E-state index contributed by atoms with van der Waals surface area (Å²) in [5, 5.41) is 0. The van der Waals surface area contributed by atoms with Gasteiger partial charge in [-0.1, -0.05) is 20.8 Å². The van der Waals surface area contributed by atoms with Crippen LogP contribution in [-0.4, -0.2) is 5.88 Å². The van der Waals surface area contributed by atoms with Gasteiger partial charge in [0, 0.05) is 5.88 Å². The number of alkyl halides is 1. The van der Waals surface area contributed by atoms with Gasteiger partial charge in [-0.05, 0) is 11.8 Å². The molecule has 0 bridgehead atoms. The molecule has 0 radical (unpaired) electrons. The second kappa shape index (κ2) is 3.31. The predicted octanol–water partition coefficient (Wildman–Crippen LogP) is 2.52. The minimum atomic E-state index is 0.668. The molecule has 0 aliphatic heterocycles. The molecule has 0 nitrogen and oxygen atoms in total. The molecule has 7 heavy (non-hydrogen) atoms. The van der Waals surface area contributed by atoms with Crippen LogP contribution in [0, 0.1) is 11.8 Å². The first-order valence-electron chi connectivity index (χ1n) is 2.74. The fourth-order valence-corrected chi connectivity index (χ4v) is 0.535. The minimum Gasteiger partial charge on any atom is -0.126 e. The van der Waals surface area contributed by atoms with Crippen molar-refractivity contribution in [3.05, 3.63) is 0 Å². The number of halogens is 1. The Morgan fingerprint density at radius 3 is 1.71 bits per heavy atom. The maximum atomic E-state index is 5.55. The third kappa shape index (κ3) is 2.93. The molecule has 0 aromatic carbocycles. The molecule has 0 heterocycles. The maximum absolute atomic E-state index is 5.55. The minimum absolute atomic E-state index is 0.668. The van der Waals surface area contributed by atoms with E-state index < -0.39 is 0 Å². The van der Waals surface area contributed by atoms with Crippen LogP contribution in [-0.2, 0) is 0 Å². The average Bonchev–Trinajstić information content (AvgIpc) is 1.65. The van der Waals surface area contributed by atoms with Crippen LogP contribution in [0.25, 0.3) is 0 Å². The Morgan fingerprint density at radius 1 is 1.29 bits per heavy atom. The van der Waals surface area contributed by atoms with Crippen molar-refractivity contribution in [3.8, 4) is 0 Å². The van der Waals surface area contributed by atoms with Gasteiger partial charge in [-0.15, -0.1) is 11.6 Å². The van der Waals surface area contributed by atoms with Gasteiger partial charge in [0.25, 0.3) is 0 Å². The molecule has 0 rings (SSSR count). The standard InChI is InChI=1S/C6H13Cl/c1-5(2)6(3)4-7/h5-6H,4H2,1-3H3/t6-/m1/s1. The molecule has 44 valence electrons. The Kier molecular flexibility index (Phi) is 3.45. The third-order valence-corrected chi connectivity index (χ3v) is 1.87. The Hall–Kier alpha value is 0.290. The van der Waals surface area contributed by atoms with Gasteiger partial charge < -0.3 is 0 Å². The summed E-state index contributed by atoms with van der Waals surface area (Å²) in [5.41, 5.74) is 0. The topological polar surface area (TPSA) is 0 Å². The van der Waals surface area contributed by atoms with E-state index in [9.17, 15) is 0 Å². The Morgan fingerprint density at radius 2 is 1.71 bits per heavy atom. The van der Waals surface area contributed by atoms with Crippen LogP contribution in [0.2, 0.25) is 0 Å². The van der Waals surface area contributed by atoms with E-state index in [-0.39, 0.29) is 0 Å². The highest BCUT2D eigenvalue weighted by Gasteiger charge is 2.02. The molecule has 0 saturated heterocycles. The predicted molar refractivity (Wildman–Crippen MR) is 34.7 cm³/mol. The van der Waals surface area contributed by atoms with Gasteiger partial charge in [-0.2, -0.15) is 0 Å². The summed E-state index contributed by atoms with van der Waals surface area (Å²) in [6.45, 7) is 6.54. The van der Waals surface area contributed by atoms with Gasteiger partial charge in [0.15, 0.2) is 0 Å². The zero-order chi connectivity index (χ0) is 5.86. The lowest BCUT2D eigenvalue weighted by atomic mass is 10.0. The monoisotopic (exact) mass is 120 g/mol. The molecular formula is C6H13Cl. The van der Waals surface area contributed by atoms with Crippen LogP contribution in [0.3, 0.4) is 0 Å². The lowest BCUT2D eigenvalue weighted by Gasteiger charge is -2.09. The number of hydrogen-bond donors (Lipinski definition) is 0. The summed E-state index contributed by atoms with van der Waals surface area (Å²) in [6.07, 6.45) is 0. The summed E-state index contributed by atoms with van der Waals surface area (Å²) in [7, 11) is 0. The van der Waals surface area contributed by atoms with Gasteiger partial charge in [-0.25, -0.2) is 0 Å². The molecule has 0 saturated carbocycles. The zero-order valence-electron chi connectivity index (χ0n) is 5.24. The summed E-state index contributed by atoms with van der Waals surface area (Å²) in [6, 6.07) is 0. The molecule has 1 atom stereocenters. The van der Waals surface area contributed by atoms with Crippen molar-refractivity contribution in [2.75, 3.05) is 5.88 Å². The molecule has 0 unspecified atom stereocenters. The van der Waals surface area contributed by atoms with Crippen LogP contribution in [0.15, 0.2) is 0 Å². The molecule has 0 spiro atoms. The largest absolute Gasteiger partial charge is 0.126 e. The van der Waals surface area contributed by atoms with Crippen LogP contribution in [0.1, 0.15) is 20.8 Å². The van der Waals surface area contributed by atoms with Gasteiger partial charge in [-0.3, -0.25) is 0 Å². The SMILES string of the molecule is CC(C)[C@H](C)CCl. The first-order valence-corrected chi connectivity index (χ1v) is 3.28. The van der Waals surface area contributed by atoms with Gasteiger partial charge in [0.1, 0.15) is 0 Å². The second-order valence-electron chi connectivity index (χ2n) is 2.38. The van der Waals surface area contributed by atoms with E-state index in [1.165, 1.54) is 0 Å². The van der Waals surface area contributed by atoms with Gasteiger partial charge in [0.05, 0.1) is 0 Å². The first-order chi connectivity index (χ1) is 3.18. The third-order valence-electron chi connectivity index (χ3n) is 1.38. The van der Waals surface area contributed by atoms with E-state index in [2.05, 4.69) is 20.8 Å². The molecule has 0 aliphatic carbocycles. The van der Waals surface area contributed by atoms with Crippen molar-refractivity contribution < 1.29 is 0 Å². The average molecular weight is 121 g/mol. The summed E-state index contributed by atoms with van der Waals surface area (Å²) < 4.78 is 0. The van der Waals surface area contributed by atoms with Crippen molar-refractivity contribution in [1.29, 1.82) is 0 Å². The lowest BCUT2D eigenvalue weighted by Crippen LogP contribution is -2.03. The first kappa shape index (κ1) is 7.29. The number of hydrogen-bond acceptors (Lipinski definition) is 0. The Balaban J connectivity index is 3.14. The van der Waals surface area contributed by atoms with E-state index in [4.69, 9.17) is 11.6 Å². The van der Waals surface area contributed by atoms with E-state index in [0.717, 1.165) is 11.8 Å². The summed E-state index contributed by atoms with van der Waals surface area (Å²) >= 11 is 5.55. The Labute approximate surface area is 50.9 Å². The molecule has 0 N–H and O–H groups in total. The maximum Gasteiger partial charge on any atom is 0.0251 e. The van der Waals surface area contributed by atoms with Crippen LogP contribution >= 0.6 is 11.6 Å². The van der Waals surface area contributed by atoms with E-state index in [0.29, 0.717) is 5.92 Å². The fraction of sp³-hybridized carbons (Fsp3) is 1.00. The zero-order valence-corrected chi connectivity index (χ0v) is 6.00. The highest BCUT2D eigenvalue weighted by atomic mass is 35.5. The van der Waals surface area contributed by atoms with Crippen molar-refractivity contribution in [1.82, 2.24) is 0 Å². The lowest BCUT2D eigenvalue weighted by molar-refractivity contribution is 0.462. The van der Waals surface area contributed by atoms with Crippen molar-refractivity contribution in [3.63, 3.8) is 0 Å². The summed E-state index contributed by atoms with van der Waals surface area (Å²) in [5.74, 6) is 2.19. The van der Waals surface area contributed by atoms with Crippen molar-refractivity contribution >= 4 is 11.6 Å². The normalized spacial score (nSPS) is 15.0. The van der Waals surface area contributed by atoms with Crippen LogP contribution in [0.5, 0.6) is 0 Å².